The van der Waals surface area contributed by atoms with E-state index in [1.807, 2.05) is 0 Å². The van der Waals surface area contributed by atoms with E-state index >= 15 is 0 Å². The van der Waals surface area contributed by atoms with E-state index in [4.69, 9.17) is 27.9 Å². The van der Waals surface area contributed by atoms with Crippen LogP contribution in [0.4, 0.5) is 5.82 Å². The molecule has 2 aromatic heterocycles. The van der Waals surface area contributed by atoms with Gasteiger partial charge in [0.25, 0.3) is 5.91 Å². The Kier molecular flexibility index (Phi) is 4.69. The number of halogens is 2. The molecule has 0 aliphatic heterocycles. The van der Waals surface area contributed by atoms with E-state index in [9.17, 15) is 4.79 Å². The third kappa shape index (κ3) is 3.34. The summed E-state index contributed by atoms with van der Waals surface area (Å²) in [5, 5.41) is 7.75. The van der Waals surface area contributed by atoms with E-state index in [1.54, 1.807) is 42.7 Å². The maximum atomic E-state index is 12.3. The Morgan fingerprint density at radius 3 is 2.75 bits per heavy atom. The molecule has 1 amide bonds. The van der Waals surface area contributed by atoms with Crippen molar-refractivity contribution in [2.75, 3.05) is 12.4 Å². The molecule has 0 radical (unpaired) electrons. The number of rotatable bonds is 4. The Morgan fingerprint density at radius 2 is 2.04 bits per heavy atom. The molecule has 0 atom stereocenters. The van der Waals surface area contributed by atoms with Crippen molar-refractivity contribution in [3.05, 3.63) is 64.4 Å². The van der Waals surface area contributed by atoms with Crippen molar-refractivity contribution in [1.29, 1.82) is 0 Å². The van der Waals surface area contributed by atoms with Gasteiger partial charge in [-0.25, -0.2) is 9.67 Å². The third-order valence-electron chi connectivity index (χ3n) is 3.20. The maximum absolute atomic E-state index is 12.3. The number of hydrogen-bond acceptors (Lipinski definition) is 4. The number of methoxy groups -OCH3 is 1. The van der Waals surface area contributed by atoms with Crippen LogP contribution in [0.3, 0.4) is 0 Å². The number of pyridine rings is 1. The molecule has 0 spiro atoms. The van der Waals surface area contributed by atoms with Gasteiger partial charge in [-0.2, -0.15) is 0 Å². The van der Waals surface area contributed by atoms with Gasteiger partial charge in [0.1, 0.15) is 5.75 Å². The number of nitrogens with one attached hydrogen (secondary N) is 1. The first-order valence-corrected chi connectivity index (χ1v) is 7.65. The van der Waals surface area contributed by atoms with Gasteiger partial charge in [-0.15, -0.1) is 5.10 Å². The lowest BCUT2D eigenvalue weighted by molar-refractivity contribution is 0.102. The second-order valence-corrected chi connectivity index (χ2v) is 5.57. The largest absolute Gasteiger partial charge is 0.495 e. The minimum absolute atomic E-state index is 0.336. The van der Waals surface area contributed by atoms with E-state index in [0.29, 0.717) is 33.0 Å². The molecule has 0 unspecified atom stereocenters. The summed E-state index contributed by atoms with van der Waals surface area (Å²) >= 11 is 12.1. The zero-order valence-electron chi connectivity index (χ0n) is 12.5. The molecule has 0 aliphatic rings. The van der Waals surface area contributed by atoms with Crippen LogP contribution in [0, 0.1) is 0 Å². The van der Waals surface area contributed by atoms with Gasteiger partial charge in [0.05, 0.1) is 17.2 Å². The number of carbonyl (C=O) groups excluding carboxylic acids is 1. The summed E-state index contributed by atoms with van der Waals surface area (Å²) in [5.41, 5.74) is 0.395. The highest BCUT2D eigenvalue weighted by Crippen LogP contribution is 2.25. The molecule has 2 heterocycles. The molecular formula is C16H12Cl2N4O2. The summed E-state index contributed by atoms with van der Waals surface area (Å²) in [6.07, 6.45) is 3.27. The lowest BCUT2D eigenvalue weighted by Gasteiger charge is -2.06. The smallest absolute Gasteiger partial charge is 0.256 e. The molecule has 8 heteroatoms. The number of amides is 1. The van der Waals surface area contributed by atoms with Crippen LogP contribution < -0.4 is 10.1 Å². The fourth-order valence-electron chi connectivity index (χ4n) is 2.05. The van der Waals surface area contributed by atoms with Crippen LogP contribution in [-0.2, 0) is 0 Å². The SMILES string of the molecule is COc1ccc(C(=O)Nc2ccn(-c3ncccc3Cl)n2)cc1Cl. The number of hydrogen-bond donors (Lipinski definition) is 1. The first-order chi connectivity index (χ1) is 11.6. The Labute approximate surface area is 148 Å². The fourth-order valence-corrected chi connectivity index (χ4v) is 2.52. The standard InChI is InChI=1S/C16H12Cl2N4O2/c1-24-13-5-4-10(9-12(13)18)16(23)20-14-6-8-22(21-14)15-11(17)3-2-7-19-15/h2-9H,1H3,(H,20,21,23). The minimum atomic E-state index is -0.336. The predicted molar refractivity (Wildman–Crippen MR) is 92.3 cm³/mol. The summed E-state index contributed by atoms with van der Waals surface area (Å²) in [4.78, 5) is 16.4. The first kappa shape index (κ1) is 16.3. The maximum Gasteiger partial charge on any atom is 0.256 e. The van der Waals surface area contributed by atoms with Crippen molar-refractivity contribution in [2.24, 2.45) is 0 Å². The monoisotopic (exact) mass is 362 g/mol. The Morgan fingerprint density at radius 1 is 1.21 bits per heavy atom. The molecule has 0 fully saturated rings. The lowest BCUT2D eigenvalue weighted by Crippen LogP contribution is -2.12. The van der Waals surface area contributed by atoms with Gasteiger partial charge < -0.3 is 10.1 Å². The van der Waals surface area contributed by atoms with Gasteiger partial charge >= 0.3 is 0 Å². The number of anilines is 1. The molecule has 3 rings (SSSR count). The normalized spacial score (nSPS) is 10.5. The van der Waals surface area contributed by atoms with Gasteiger partial charge in [0.2, 0.25) is 0 Å². The zero-order chi connectivity index (χ0) is 17.1. The Hall–Kier alpha value is -2.57. The van der Waals surface area contributed by atoms with Gasteiger partial charge in [-0.1, -0.05) is 23.2 Å². The fraction of sp³-hybridized carbons (Fsp3) is 0.0625. The van der Waals surface area contributed by atoms with Gasteiger partial charge in [0.15, 0.2) is 11.6 Å². The van der Waals surface area contributed by atoms with Gasteiger partial charge in [-0.3, -0.25) is 4.79 Å². The molecule has 0 bridgehead atoms. The summed E-state index contributed by atoms with van der Waals surface area (Å²) in [6.45, 7) is 0. The van der Waals surface area contributed by atoms with Crippen LogP contribution in [0.2, 0.25) is 10.0 Å². The van der Waals surface area contributed by atoms with Crippen molar-refractivity contribution < 1.29 is 9.53 Å². The number of ether oxygens (including phenoxy) is 1. The summed E-state index contributed by atoms with van der Waals surface area (Å²) < 4.78 is 6.55. The Balaban J connectivity index is 1.78. The van der Waals surface area contributed by atoms with Crippen molar-refractivity contribution >= 4 is 34.9 Å². The van der Waals surface area contributed by atoms with Crippen molar-refractivity contribution in [3.63, 3.8) is 0 Å². The second kappa shape index (κ2) is 6.90. The van der Waals surface area contributed by atoms with Crippen molar-refractivity contribution in [3.8, 4) is 11.6 Å². The van der Waals surface area contributed by atoms with Crippen LogP contribution in [-0.4, -0.2) is 27.8 Å². The number of carbonyl (C=O) groups is 1. The number of benzene rings is 1. The van der Waals surface area contributed by atoms with Crippen molar-refractivity contribution in [1.82, 2.24) is 14.8 Å². The van der Waals surface area contributed by atoms with E-state index in [2.05, 4.69) is 15.4 Å². The van der Waals surface area contributed by atoms with Gasteiger partial charge in [-0.05, 0) is 30.3 Å². The van der Waals surface area contributed by atoms with E-state index in [1.165, 1.54) is 17.9 Å². The van der Waals surface area contributed by atoms with Crippen LogP contribution >= 0.6 is 23.2 Å². The quantitative estimate of drug-likeness (QED) is 0.765. The highest BCUT2D eigenvalue weighted by Gasteiger charge is 2.12. The molecule has 1 N–H and O–H groups in total. The molecule has 0 aliphatic carbocycles. The minimum Gasteiger partial charge on any atom is -0.495 e. The topological polar surface area (TPSA) is 69.0 Å². The van der Waals surface area contributed by atoms with Crippen LogP contribution in [0.15, 0.2) is 48.8 Å². The molecule has 24 heavy (non-hydrogen) atoms. The highest BCUT2D eigenvalue weighted by atomic mass is 35.5. The Bertz CT molecular complexity index is 895. The lowest BCUT2D eigenvalue weighted by atomic mass is 10.2. The molecule has 0 saturated heterocycles. The van der Waals surface area contributed by atoms with Crippen LogP contribution in [0.5, 0.6) is 5.75 Å². The molecular weight excluding hydrogens is 351 g/mol. The summed E-state index contributed by atoms with van der Waals surface area (Å²) in [5.74, 6) is 1.01. The second-order valence-electron chi connectivity index (χ2n) is 4.76. The van der Waals surface area contributed by atoms with Gasteiger partial charge in [0, 0.05) is 24.0 Å². The summed E-state index contributed by atoms with van der Waals surface area (Å²) in [6, 6.07) is 9.86. The zero-order valence-corrected chi connectivity index (χ0v) is 14.0. The third-order valence-corrected chi connectivity index (χ3v) is 3.79. The highest BCUT2D eigenvalue weighted by molar-refractivity contribution is 6.32. The molecule has 6 nitrogen and oxygen atoms in total. The number of nitrogens with zero attached hydrogens (tertiary/aromatic N) is 3. The van der Waals surface area contributed by atoms with Crippen LogP contribution in [0.1, 0.15) is 10.4 Å². The number of aromatic nitrogens is 3. The average molecular weight is 363 g/mol. The predicted octanol–water partition coefficient (Wildman–Crippen LogP) is 3.84. The van der Waals surface area contributed by atoms with Crippen molar-refractivity contribution in [2.45, 2.75) is 0 Å². The molecule has 122 valence electrons. The summed E-state index contributed by atoms with van der Waals surface area (Å²) in [7, 11) is 1.51. The average Bonchev–Trinajstić information content (AvgIpc) is 3.03. The first-order valence-electron chi connectivity index (χ1n) is 6.90. The van der Waals surface area contributed by atoms with E-state index < -0.39 is 0 Å². The van der Waals surface area contributed by atoms with E-state index in [-0.39, 0.29) is 5.91 Å². The van der Waals surface area contributed by atoms with Crippen LogP contribution in [0.25, 0.3) is 5.82 Å². The molecule has 0 saturated carbocycles. The molecule has 1 aromatic carbocycles. The van der Waals surface area contributed by atoms with E-state index in [0.717, 1.165) is 0 Å². The molecule has 3 aromatic rings.